The zero-order valence-electron chi connectivity index (χ0n) is 11.3. The van der Waals surface area contributed by atoms with Crippen LogP contribution in [0.15, 0.2) is 18.2 Å². The van der Waals surface area contributed by atoms with Crippen LogP contribution in [0.25, 0.3) is 0 Å². The van der Waals surface area contributed by atoms with Crippen LogP contribution in [0.3, 0.4) is 0 Å². The molecule has 3 heteroatoms. The van der Waals surface area contributed by atoms with Crippen LogP contribution in [0.5, 0.6) is 5.75 Å². The van der Waals surface area contributed by atoms with Gasteiger partial charge >= 0.3 is 0 Å². The van der Waals surface area contributed by atoms with Crippen molar-refractivity contribution in [2.24, 2.45) is 0 Å². The maximum Gasteiger partial charge on any atom is 0.123 e. The van der Waals surface area contributed by atoms with Crippen molar-refractivity contribution in [1.82, 2.24) is 0 Å². The average molecular weight is 313 g/mol. The van der Waals surface area contributed by atoms with E-state index >= 15 is 0 Å². The van der Waals surface area contributed by atoms with Crippen LogP contribution < -0.4 is 4.74 Å². The van der Waals surface area contributed by atoms with Crippen LogP contribution in [-0.4, -0.2) is 18.3 Å². The summed E-state index contributed by atoms with van der Waals surface area (Å²) in [5, 5.41) is 0.820. The van der Waals surface area contributed by atoms with Crippen molar-refractivity contribution in [2.75, 3.05) is 6.61 Å². The van der Waals surface area contributed by atoms with Gasteiger partial charge in [0.25, 0.3) is 0 Å². The lowest BCUT2D eigenvalue weighted by Crippen LogP contribution is -2.24. The van der Waals surface area contributed by atoms with E-state index in [1.54, 1.807) is 0 Å². The fraction of sp³-hybridized carbons (Fsp3) is 0.600. The number of aryl methyl sites for hydroxylation is 1. The third kappa shape index (κ3) is 3.48. The highest BCUT2D eigenvalue weighted by Crippen LogP contribution is 2.30. The summed E-state index contributed by atoms with van der Waals surface area (Å²) in [4.78, 5) is 0. The maximum atomic E-state index is 5.93. The van der Waals surface area contributed by atoms with Crippen LogP contribution in [0.1, 0.15) is 37.8 Å². The molecule has 0 aliphatic carbocycles. The molecule has 2 rings (SSSR count). The minimum absolute atomic E-state index is 0.0134. The van der Waals surface area contributed by atoms with Gasteiger partial charge < -0.3 is 9.47 Å². The normalized spacial score (nSPS) is 22.1. The van der Waals surface area contributed by atoms with Gasteiger partial charge in [0.15, 0.2) is 0 Å². The number of hydrogen-bond acceptors (Lipinski definition) is 2. The number of rotatable bonds is 4. The quantitative estimate of drug-likeness (QED) is 0.775. The predicted molar refractivity (Wildman–Crippen MR) is 77.5 cm³/mol. The van der Waals surface area contributed by atoms with Gasteiger partial charge in [0, 0.05) is 10.9 Å². The number of hydrogen-bond donors (Lipinski definition) is 0. The van der Waals surface area contributed by atoms with E-state index in [4.69, 9.17) is 9.47 Å². The first-order valence-electron chi connectivity index (χ1n) is 6.46. The number of benzene rings is 1. The zero-order chi connectivity index (χ0) is 13.2. The molecule has 0 N–H and O–H groups in total. The van der Waals surface area contributed by atoms with Gasteiger partial charge in [0.1, 0.15) is 12.4 Å². The monoisotopic (exact) mass is 312 g/mol. The second-order valence-electron chi connectivity index (χ2n) is 5.59. The van der Waals surface area contributed by atoms with Crippen molar-refractivity contribution in [2.45, 2.75) is 50.6 Å². The standard InChI is InChI=1S/C15H21BrO2/c1-11-4-5-14(12(8-11)9-16)17-10-13-6-7-15(2,3)18-13/h4-5,8,13H,6-7,9-10H2,1-3H3. The Labute approximate surface area is 118 Å². The first-order valence-corrected chi connectivity index (χ1v) is 7.58. The SMILES string of the molecule is Cc1ccc(OCC2CCC(C)(C)O2)c(CBr)c1. The third-order valence-electron chi connectivity index (χ3n) is 3.34. The summed E-state index contributed by atoms with van der Waals surface area (Å²) < 4.78 is 11.8. The van der Waals surface area contributed by atoms with Crippen LogP contribution in [0.2, 0.25) is 0 Å². The van der Waals surface area contributed by atoms with E-state index in [2.05, 4.69) is 48.8 Å². The van der Waals surface area contributed by atoms with Crippen molar-refractivity contribution in [3.63, 3.8) is 0 Å². The predicted octanol–water partition coefficient (Wildman–Crippen LogP) is 4.23. The first kappa shape index (κ1) is 13.9. The fourth-order valence-corrected chi connectivity index (χ4v) is 2.77. The van der Waals surface area contributed by atoms with Gasteiger partial charge in [0.05, 0.1) is 11.7 Å². The summed E-state index contributed by atoms with van der Waals surface area (Å²) in [5.41, 5.74) is 2.47. The van der Waals surface area contributed by atoms with E-state index in [0.717, 1.165) is 23.9 Å². The summed E-state index contributed by atoms with van der Waals surface area (Å²) in [5.74, 6) is 0.964. The van der Waals surface area contributed by atoms with Gasteiger partial charge in [-0.15, -0.1) is 0 Å². The first-order chi connectivity index (χ1) is 8.50. The Kier molecular flexibility index (Phi) is 4.33. The highest BCUT2D eigenvalue weighted by molar-refractivity contribution is 9.08. The topological polar surface area (TPSA) is 18.5 Å². The molecule has 0 radical (unpaired) electrons. The highest BCUT2D eigenvalue weighted by Gasteiger charge is 2.31. The molecule has 18 heavy (non-hydrogen) atoms. The van der Waals surface area contributed by atoms with E-state index in [9.17, 15) is 0 Å². The van der Waals surface area contributed by atoms with E-state index in [0.29, 0.717) is 6.61 Å². The molecule has 0 saturated carbocycles. The van der Waals surface area contributed by atoms with Gasteiger partial charge in [-0.2, -0.15) is 0 Å². The minimum atomic E-state index is 0.0134. The van der Waals surface area contributed by atoms with Gasteiger partial charge in [-0.05, 0) is 39.7 Å². The van der Waals surface area contributed by atoms with E-state index < -0.39 is 0 Å². The molecule has 1 saturated heterocycles. The lowest BCUT2D eigenvalue weighted by atomic mass is 10.1. The molecular weight excluding hydrogens is 292 g/mol. The maximum absolute atomic E-state index is 5.93. The van der Waals surface area contributed by atoms with Crippen molar-refractivity contribution in [3.05, 3.63) is 29.3 Å². The Morgan fingerprint density at radius 2 is 2.22 bits per heavy atom. The van der Waals surface area contributed by atoms with Crippen LogP contribution >= 0.6 is 15.9 Å². The van der Waals surface area contributed by atoms with Crippen LogP contribution in [0.4, 0.5) is 0 Å². The van der Waals surface area contributed by atoms with E-state index in [1.165, 1.54) is 11.1 Å². The Balaban J connectivity index is 1.94. The number of ether oxygens (including phenoxy) is 2. The summed E-state index contributed by atoms with van der Waals surface area (Å²) in [7, 11) is 0. The van der Waals surface area contributed by atoms with Crippen molar-refractivity contribution < 1.29 is 9.47 Å². The molecule has 0 aromatic heterocycles. The molecular formula is C15H21BrO2. The van der Waals surface area contributed by atoms with Gasteiger partial charge in [0.2, 0.25) is 0 Å². The molecule has 1 unspecified atom stereocenters. The molecule has 1 atom stereocenters. The highest BCUT2D eigenvalue weighted by atomic mass is 79.9. The third-order valence-corrected chi connectivity index (χ3v) is 3.94. The minimum Gasteiger partial charge on any atom is -0.491 e. The summed E-state index contributed by atoms with van der Waals surface area (Å²) in [6.45, 7) is 7.02. The summed E-state index contributed by atoms with van der Waals surface area (Å²) in [6.07, 6.45) is 2.42. The molecule has 1 fully saturated rings. The lowest BCUT2D eigenvalue weighted by Gasteiger charge is -2.20. The van der Waals surface area contributed by atoms with Crippen molar-refractivity contribution in [3.8, 4) is 5.75 Å². The molecule has 1 aliphatic rings. The van der Waals surface area contributed by atoms with E-state index in [-0.39, 0.29) is 11.7 Å². The van der Waals surface area contributed by atoms with Gasteiger partial charge in [-0.3, -0.25) is 0 Å². The molecule has 2 nitrogen and oxygen atoms in total. The van der Waals surface area contributed by atoms with Gasteiger partial charge in [-0.25, -0.2) is 0 Å². The second kappa shape index (κ2) is 5.62. The zero-order valence-corrected chi connectivity index (χ0v) is 12.9. The number of halogens is 1. The Bertz CT molecular complexity index is 415. The molecule has 1 aliphatic heterocycles. The molecule has 0 amide bonds. The Hall–Kier alpha value is -0.540. The van der Waals surface area contributed by atoms with E-state index in [1.807, 2.05) is 6.07 Å². The number of alkyl halides is 1. The summed E-state index contributed by atoms with van der Waals surface area (Å²) >= 11 is 3.50. The van der Waals surface area contributed by atoms with Crippen LogP contribution in [0, 0.1) is 6.92 Å². The fourth-order valence-electron chi connectivity index (χ4n) is 2.33. The molecule has 1 aromatic rings. The Morgan fingerprint density at radius 1 is 1.44 bits per heavy atom. The lowest BCUT2D eigenvalue weighted by molar-refractivity contribution is -0.0327. The van der Waals surface area contributed by atoms with Gasteiger partial charge in [-0.1, -0.05) is 33.6 Å². The molecule has 1 heterocycles. The molecule has 0 spiro atoms. The van der Waals surface area contributed by atoms with Crippen molar-refractivity contribution in [1.29, 1.82) is 0 Å². The average Bonchev–Trinajstić information content (AvgIpc) is 2.67. The second-order valence-corrected chi connectivity index (χ2v) is 6.15. The van der Waals surface area contributed by atoms with Crippen molar-refractivity contribution >= 4 is 15.9 Å². The molecule has 100 valence electrons. The largest absolute Gasteiger partial charge is 0.491 e. The molecule has 0 bridgehead atoms. The molecule has 1 aromatic carbocycles. The van der Waals surface area contributed by atoms with Crippen LogP contribution in [-0.2, 0) is 10.1 Å². The smallest absolute Gasteiger partial charge is 0.123 e. The Morgan fingerprint density at radius 3 is 2.83 bits per heavy atom. The summed E-state index contributed by atoms with van der Waals surface area (Å²) in [6, 6.07) is 6.29.